The zero-order valence-corrected chi connectivity index (χ0v) is 32.4. The first kappa shape index (κ1) is 36.1. The van der Waals surface area contributed by atoms with E-state index in [1.807, 2.05) is 53.3 Å². The fraction of sp³-hybridized carbons (Fsp3) is 0.273. The Labute approximate surface area is 315 Å². The average Bonchev–Trinajstić information content (AvgIpc) is 3.74. The number of ether oxygens (including phenoxy) is 2. The molecular formula is C44H44N4O2Pt. The molecule has 0 aliphatic rings. The number of rotatable bonds is 12. The SMILES string of the molecule is CCC(C)Cc1cc(C)cc(CC(C)CC)c1-c1cnn(-c2[c-]c(Oc3[c-]c4c(cc3)c3ccccc3n4-c3cc(OC)ccn3)ccc2)c1.[Pt+2]. The minimum Gasteiger partial charge on any atom is -0.509 e. The van der Waals surface area contributed by atoms with Crippen molar-refractivity contribution in [3.63, 3.8) is 0 Å². The predicted octanol–water partition coefficient (Wildman–Crippen LogP) is 10.9. The van der Waals surface area contributed by atoms with E-state index in [1.54, 1.807) is 13.3 Å². The van der Waals surface area contributed by atoms with Gasteiger partial charge in [0.1, 0.15) is 11.6 Å². The minimum absolute atomic E-state index is 0. The van der Waals surface area contributed by atoms with Gasteiger partial charge in [-0.3, -0.25) is 4.68 Å². The second-order valence-electron chi connectivity index (χ2n) is 13.6. The van der Waals surface area contributed by atoms with Crippen LogP contribution in [0.15, 0.2) is 97.5 Å². The monoisotopic (exact) mass is 855 g/mol. The van der Waals surface area contributed by atoms with Gasteiger partial charge in [-0.25, -0.2) is 4.98 Å². The molecule has 0 radical (unpaired) electrons. The fourth-order valence-corrected chi connectivity index (χ4v) is 6.83. The van der Waals surface area contributed by atoms with Gasteiger partial charge < -0.3 is 14.0 Å². The van der Waals surface area contributed by atoms with Crippen LogP contribution in [0.4, 0.5) is 0 Å². The summed E-state index contributed by atoms with van der Waals surface area (Å²) in [5.41, 5.74) is 9.33. The smallest absolute Gasteiger partial charge is 0.509 e. The molecule has 3 aromatic heterocycles. The maximum Gasteiger partial charge on any atom is 2.00 e. The summed E-state index contributed by atoms with van der Waals surface area (Å²) in [4.78, 5) is 4.67. The molecule has 2 unspecified atom stereocenters. The van der Waals surface area contributed by atoms with E-state index < -0.39 is 0 Å². The molecule has 3 heterocycles. The molecule has 0 saturated carbocycles. The Kier molecular flexibility index (Phi) is 11.1. The van der Waals surface area contributed by atoms with E-state index in [9.17, 15) is 0 Å². The van der Waals surface area contributed by atoms with Crippen LogP contribution in [0, 0.1) is 30.9 Å². The first-order valence-electron chi connectivity index (χ1n) is 17.7. The van der Waals surface area contributed by atoms with Gasteiger partial charge in [0.2, 0.25) is 0 Å². The van der Waals surface area contributed by atoms with Crippen LogP contribution in [0.5, 0.6) is 17.2 Å². The first-order chi connectivity index (χ1) is 24.3. The molecule has 262 valence electrons. The molecule has 51 heavy (non-hydrogen) atoms. The van der Waals surface area contributed by atoms with Gasteiger partial charge in [0.25, 0.3) is 0 Å². The molecular weight excluding hydrogens is 812 g/mol. The zero-order chi connectivity index (χ0) is 34.8. The molecule has 6 nitrogen and oxygen atoms in total. The Morgan fingerprint density at radius 2 is 1.53 bits per heavy atom. The summed E-state index contributed by atoms with van der Waals surface area (Å²) in [5.74, 6) is 3.87. The van der Waals surface area contributed by atoms with Crippen molar-refractivity contribution in [3.05, 3.63) is 126 Å². The number of hydrogen-bond acceptors (Lipinski definition) is 4. The van der Waals surface area contributed by atoms with Gasteiger partial charge in [-0.1, -0.05) is 81.9 Å². The van der Waals surface area contributed by atoms with Crippen molar-refractivity contribution < 1.29 is 30.5 Å². The van der Waals surface area contributed by atoms with Gasteiger partial charge in [0.15, 0.2) is 0 Å². The third kappa shape index (κ3) is 7.53. The summed E-state index contributed by atoms with van der Waals surface area (Å²) in [6, 6.07) is 33.8. The third-order valence-electron chi connectivity index (χ3n) is 9.81. The Balaban J connectivity index is 0.00000448. The molecule has 0 amide bonds. The number of methoxy groups -OCH3 is 1. The summed E-state index contributed by atoms with van der Waals surface area (Å²) >= 11 is 0. The molecule has 7 heteroatoms. The molecule has 7 aromatic rings. The standard InChI is InChI=1S/C44H44N4O2.Pt/c1-7-29(3)20-32-22-31(5)23-33(21-30(4)8-2)44(32)34-27-46-47(28-34)35-12-11-13-37(24-35)50-38-16-17-40-39-14-9-10-15-41(39)48(42(40)25-38)43-26-36(49-6)18-19-45-43;/h9-19,22-23,26-30H,7-8,20-21H2,1-6H3;/q-2;+2. The van der Waals surface area contributed by atoms with Gasteiger partial charge >= 0.3 is 21.1 Å². The molecule has 0 N–H and O–H groups in total. The largest absolute Gasteiger partial charge is 2.00 e. The van der Waals surface area contributed by atoms with Crippen molar-refractivity contribution in [2.75, 3.05) is 7.11 Å². The van der Waals surface area contributed by atoms with Crippen molar-refractivity contribution in [2.45, 2.75) is 60.3 Å². The van der Waals surface area contributed by atoms with E-state index >= 15 is 0 Å². The molecule has 0 spiro atoms. The van der Waals surface area contributed by atoms with E-state index in [4.69, 9.17) is 14.6 Å². The molecule has 7 rings (SSSR count). The van der Waals surface area contributed by atoms with E-state index in [0.717, 1.165) is 70.3 Å². The molecule has 0 aliphatic heterocycles. The molecule has 0 saturated heterocycles. The number of nitrogens with zero attached hydrogens (tertiary/aromatic N) is 4. The van der Waals surface area contributed by atoms with Crippen LogP contribution >= 0.6 is 0 Å². The maximum absolute atomic E-state index is 6.42. The van der Waals surface area contributed by atoms with Crippen molar-refractivity contribution in [1.29, 1.82) is 0 Å². The van der Waals surface area contributed by atoms with Crippen LogP contribution in [0.1, 0.15) is 57.2 Å². The second-order valence-corrected chi connectivity index (χ2v) is 13.6. The summed E-state index contributed by atoms with van der Waals surface area (Å²) in [7, 11) is 1.66. The predicted molar refractivity (Wildman–Crippen MR) is 203 cm³/mol. The number of aromatic nitrogens is 4. The molecule has 0 bridgehead atoms. The van der Waals surface area contributed by atoms with Crippen LogP contribution < -0.4 is 9.47 Å². The van der Waals surface area contributed by atoms with Gasteiger partial charge in [0, 0.05) is 41.0 Å². The van der Waals surface area contributed by atoms with Crippen molar-refractivity contribution in [1.82, 2.24) is 19.3 Å². The molecule has 4 aromatic carbocycles. The number of benzene rings is 4. The Morgan fingerprint density at radius 3 is 2.25 bits per heavy atom. The van der Waals surface area contributed by atoms with Crippen LogP contribution in [0.25, 0.3) is 44.4 Å². The van der Waals surface area contributed by atoms with Gasteiger partial charge in [0.05, 0.1) is 13.3 Å². The summed E-state index contributed by atoms with van der Waals surface area (Å²) in [6.07, 6.45) is 10.3. The van der Waals surface area contributed by atoms with E-state index in [1.165, 1.54) is 22.3 Å². The normalized spacial score (nSPS) is 12.5. The van der Waals surface area contributed by atoms with E-state index in [-0.39, 0.29) is 21.1 Å². The van der Waals surface area contributed by atoms with Crippen molar-refractivity contribution >= 4 is 21.8 Å². The van der Waals surface area contributed by atoms with Gasteiger partial charge in [-0.2, -0.15) is 17.2 Å². The number of para-hydroxylation sites is 1. The average molecular weight is 856 g/mol. The number of pyridine rings is 1. The van der Waals surface area contributed by atoms with Crippen LogP contribution in [-0.4, -0.2) is 26.4 Å². The second kappa shape index (κ2) is 15.7. The minimum atomic E-state index is 0. The third-order valence-corrected chi connectivity index (χ3v) is 9.81. The Hall–Kier alpha value is -4.67. The quantitative estimate of drug-likeness (QED) is 0.115. The Bertz CT molecular complexity index is 2250. The number of aryl methyl sites for hydroxylation is 1. The number of hydrogen-bond donors (Lipinski definition) is 0. The van der Waals surface area contributed by atoms with Gasteiger partial charge in [-0.05, 0) is 71.5 Å². The summed E-state index contributed by atoms with van der Waals surface area (Å²) in [6.45, 7) is 11.5. The number of fused-ring (bicyclic) bond motifs is 3. The zero-order valence-electron chi connectivity index (χ0n) is 30.1. The molecule has 2 atom stereocenters. The van der Waals surface area contributed by atoms with E-state index in [2.05, 4.69) is 98.9 Å². The fourth-order valence-electron chi connectivity index (χ4n) is 6.83. The molecule has 0 aliphatic carbocycles. The molecule has 0 fully saturated rings. The summed E-state index contributed by atoms with van der Waals surface area (Å²) in [5, 5.41) is 7.02. The topological polar surface area (TPSA) is 54.1 Å². The van der Waals surface area contributed by atoms with Crippen LogP contribution in [0.2, 0.25) is 0 Å². The van der Waals surface area contributed by atoms with Crippen LogP contribution in [0.3, 0.4) is 0 Å². The van der Waals surface area contributed by atoms with Crippen molar-refractivity contribution in [3.8, 4) is 39.9 Å². The summed E-state index contributed by atoms with van der Waals surface area (Å²) < 4.78 is 15.9. The van der Waals surface area contributed by atoms with Crippen molar-refractivity contribution in [2.24, 2.45) is 11.8 Å². The van der Waals surface area contributed by atoms with E-state index in [0.29, 0.717) is 23.3 Å². The maximum atomic E-state index is 6.42. The van der Waals surface area contributed by atoms with Gasteiger partial charge in [-0.15, -0.1) is 35.7 Å². The Morgan fingerprint density at radius 1 is 0.804 bits per heavy atom. The first-order valence-corrected chi connectivity index (χ1v) is 17.7. The van der Waals surface area contributed by atoms with Crippen LogP contribution in [-0.2, 0) is 33.9 Å².